The van der Waals surface area contributed by atoms with Gasteiger partial charge in [-0.25, -0.2) is 0 Å². The molecule has 3 heterocycles. The molecule has 2 saturated carbocycles. The second kappa shape index (κ2) is 10.3. The number of rotatable bonds is 5. The minimum atomic E-state index is -4.81. The molecule has 0 aromatic carbocycles. The van der Waals surface area contributed by atoms with Crippen LogP contribution in [0.15, 0.2) is 18.6 Å². The molecule has 1 amide bonds. The van der Waals surface area contributed by atoms with Crippen molar-refractivity contribution in [3.05, 3.63) is 45.5 Å². The van der Waals surface area contributed by atoms with Gasteiger partial charge in [-0.15, -0.1) is 0 Å². The molecule has 1 atom stereocenters. The first kappa shape index (κ1) is 28.2. The highest BCUT2D eigenvalue weighted by molar-refractivity contribution is 6.35. The first-order valence-corrected chi connectivity index (χ1v) is 14.1. The van der Waals surface area contributed by atoms with E-state index in [9.17, 15) is 27.9 Å². The van der Waals surface area contributed by atoms with E-state index in [0.717, 1.165) is 36.6 Å². The van der Waals surface area contributed by atoms with E-state index in [4.69, 9.17) is 23.2 Å². The molecule has 0 unspecified atom stereocenters. The van der Waals surface area contributed by atoms with Crippen LogP contribution in [0.25, 0.3) is 0 Å². The van der Waals surface area contributed by atoms with Crippen molar-refractivity contribution in [2.75, 3.05) is 6.54 Å². The van der Waals surface area contributed by atoms with Gasteiger partial charge in [0.2, 0.25) is 0 Å². The third-order valence-electron chi connectivity index (χ3n) is 9.15. The SMILES string of the molecule is C[C@]1(C(=O)O)CC[C@H](n2ncc(C(=O)N3CC4(CCCC4)C[C@@H]3Cc3c(Cl)cncc3Cl)c2C(F)(F)F)CC1. The highest BCUT2D eigenvalue weighted by Gasteiger charge is 2.50. The number of pyridine rings is 1. The Kier molecular flexibility index (Phi) is 7.41. The molecule has 7 nitrogen and oxygen atoms in total. The zero-order chi connectivity index (χ0) is 28.2. The van der Waals surface area contributed by atoms with Crippen molar-refractivity contribution in [3.63, 3.8) is 0 Å². The summed E-state index contributed by atoms with van der Waals surface area (Å²) in [4.78, 5) is 31.1. The van der Waals surface area contributed by atoms with Crippen molar-refractivity contribution < 1.29 is 27.9 Å². The van der Waals surface area contributed by atoms with Gasteiger partial charge in [0.1, 0.15) is 0 Å². The van der Waals surface area contributed by atoms with Crippen LogP contribution >= 0.6 is 23.2 Å². The fraction of sp³-hybridized carbons (Fsp3) is 0.630. The molecule has 5 rings (SSSR count). The van der Waals surface area contributed by atoms with Crippen LogP contribution in [0.3, 0.4) is 0 Å². The standard InChI is InChI=1S/C27H31Cl2F3N4O3/c1-25(24(38)39)8-4-16(5-9-25)36-22(27(30,31)32)19(12-34-36)23(37)35-15-26(6-2-3-7-26)11-17(35)10-18-20(28)13-33-14-21(18)29/h12-14,16-17H,2-11,15H2,1H3,(H,38,39)/t16-,17-,25-/m0/s1. The van der Waals surface area contributed by atoms with E-state index in [0.29, 0.717) is 35.0 Å². The van der Waals surface area contributed by atoms with Crippen LogP contribution < -0.4 is 0 Å². The normalized spacial score (nSPS) is 26.9. The molecule has 39 heavy (non-hydrogen) atoms. The summed E-state index contributed by atoms with van der Waals surface area (Å²) in [6, 6.07) is -1.01. The quantitative estimate of drug-likeness (QED) is 0.415. The molecule has 1 aliphatic heterocycles. The zero-order valence-electron chi connectivity index (χ0n) is 21.6. The molecule has 1 saturated heterocycles. The van der Waals surface area contributed by atoms with Gasteiger partial charge in [-0.2, -0.15) is 18.3 Å². The van der Waals surface area contributed by atoms with Crippen LogP contribution in [0.1, 0.15) is 92.4 Å². The number of carbonyl (C=O) groups excluding carboxylic acids is 1. The van der Waals surface area contributed by atoms with Gasteiger partial charge in [0.15, 0.2) is 5.69 Å². The molecule has 0 radical (unpaired) electrons. The lowest BCUT2D eigenvalue weighted by molar-refractivity contribution is -0.152. The maximum atomic E-state index is 14.5. The first-order chi connectivity index (χ1) is 18.3. The Labute approximate surface area is 234 Å². The van der Waals surface area contributed by atoms with Gasteiger partial charge in [0, 0.05) is 25.0 Å². The summed E-state index contributed by atoms with van der Waals surface area (Å²) in [5.41, 5.74) is -2.02. The van der Waals surface area contributed by atoms with Crippen molar-refractivity contribution in [2.24, 2.45) is 10.8 Å². The summed E-state index contributed by atoms with van der Waals surface area (Å²) in [6.45, 7) is 1.99. The second-order valence-corrected chi connectivity index (χ2v) is 12.5. The van der Waals surface area contributed by atoms with Crippen molar-refractivity contribution in [1.29, 1.82) is 0 Å². The van der Waals surface area contributed by atoms with E-state index >= 15 is 0 Å². The molecule has 2 aromatic heterocycles. The van der Waals surface area contributed by atoms with Crippen LogP contribution in [0.4, 0.5) is 13.2 Å². The van der Waals surface area contributed by atoms with Gasteiger partial charge in [0.25, 0.3) is 5.91 Å². The van der Waals surface area contributed by atoms with E-state index < -0.39 is 40.8 Å². The maximum absolute atomic E-state index is 14.5. The lowest BCUT2D eigenvalue weighted by atomic mass is 9.74. The molecule has 0 bridgehead atoms. The molecule has 2 aliphatic carbocycles. The molecule has 3 fully saturated rings. The Morgan fingerprint density at radius 1 is 1.08 bits per heavy atom. The summed E-state index contributed by atoms with van der Waals surface area (Å²) in [6.07, 6.45) is 4.96. The molecule has 2 aromatic rings. The Morgan fingerprint density at radius 2 is 1.69 bits per heavy atom. The number of carboxylic acids is 1. The molecule has 212 valence electrons. The summed E-state index contributed by atoms with van der Waals surface area (Å²) in [5, 5.41) is 14.3. The number of halogens is 5. The number of hydrogen-bond acceptors (Lipinski definition) is 4. The van der Waals surface area contributed by atoms with Crippen LogP contribution in [-0.4, -0.2) is 49.2 Å². The van der Waals surface area contributed by atoms with E-state index in [1.165, 1.54) is 12.4 Å². The van der Waals surface area contributed by atoms with Gasteiger partial charge in [-0.3, -0.25) is 19.3 Å². The number of carboxylic acid groups (broad SMARTS) is 1. The van der Waals surface area contributed by atoms with Gasteiger partial charge < -0.3 is 10.0 Å². The topological polar surface area (TPSA) is 88.3 Å². The van der Waals surface area contributed by atoms with Gasteiger partial charge in [-0.05, 0) is 69.3 Å². The summed E-state index contributed by atoms with van der Waals surface area (Å²) < 4.78 is 44.4. The monoisotopic (exact) mass is 586 g/mol. The Bertz CT molecular complexity index is 1250. The number of aromatic nitrogens is 3. The highest BCUT2D eigenvalue weighted by atomic mass is 35.5. The number of hydrogen-bond donors (Lipinski definition) is 1. The van der Waals surface area contributed by atoms with Crippen LogP contribution in [0, 0.1) is 10.8 Å². The summed E-state index contributed by atoms with van der Waals surface area (Å²) in [5.74, 6) is -1.65. The average molecular weight is 587 g/mol. The number of alkyl halides is 3. The summed E-state index contributed by atoms with van der Waals surface area (Å²) >= 11 is 12.7. The van der Waals surface area contributed by atoms with E-state index in [1.54, 1.807) is 11.8 Å². The summed E-state index contributed by atoms with van der Waals surface area (Å²) in [7, 11) is 0. The Balaban J connectivity index is 1.47. The smallest absolute Gasteiger partial charge is 0.433 e. The molecule has 3 aliphatic rings. The van der Waals surface area contributed by atoms with Crippen molar-refractivity contribution in [1.82, 2.24) is 19.7 Å². The second-order valence-electron chi connectivity index (χ2n) is 11.7. The molecule has 1 spiro atoms. The largest absolute Gasteiger partial charge is 0.481 e. The fourth-order valence-electron chi connectivity index (χ4n) is 6.87. The van der Waals surface area contributed by atoms with Gasteiger partial charge >= 0.3 is 12.1 Å². The average Bonchev–Trinajstić information content (AvgIpc) is 3.60. The number of carbonyl (C=O) groups is 2. The number of amides is 1. The molecule has 12 heteroatoms. The van der Waals surface area contributed by atoms with Gasteiger partial charge in [-0.1, -0.05) is 36.0 Å². The number of nitrogens with zero attached hydrogens (tertiary/aromatic N) is 4. The van der Waals surface area contributed by atoms with Crippen molar-refractivity contribution >= 4 is 35.1 Å². The highest BCUT2D eigenvalue weighted by Crippen LogP contribution is 2.50. The van der Waals surface area contributed by atoms with Crippen LogP contribution in [0.2, 0.25) is 10.0 Å². The predicted octanol–water partition coefficient (Wildman–Crippen LogP) is 6.83. The van der Waals surface area contributed by atoms with Crippen LogP contribution in [0.5, 0.6) is 0 Å². The van der Waals surface area contributed by atoms with Crippen molar-refractivity contribution in [2.45, 2.75) is 89.4 Å². The van der Waals surface area contributed by atoms with Gasteiger partial charge in [0.05, 0.1) is 33.3 Å². The third kappa shape index (κ3) is 5.26. The molecular formula is C27H31Cl2F3N4O3. The molecular weight excluding hydrogens is 556 g/mol. The zero-order valence-corrected chi connectivity index (χ0v) is 23.1. The third-order valence-corrected chi connectivity index (χ3v) is 9.80. The number of aliphatic carboxylic acids is 1. The first-order valence-electron chi connectivity index (χ1n) is 13.3. The van der Waals surface area contributed by atoms with E-state index in [2.05, 4.69) is 10.1 Å². The lowest BCUT2D eigenvalue weighted by Gasteiger charge is -2.34. The van der Waals surface area contributed by atoms with E-state index in [1.807, 2.05) is 0 Å². The number of likely N-dealkylation sites (tertiary alicyclic amines) is 1. The Morgan fingerprint density at radius 3 is 2.26 bits per heavy atom. The lowest BCUT2D eigenvalue weighted by Crippen LogP contribution is -2.39. The predicted molar refractivity (Wildman–Crippen MR) is 139 cm³/mol. The minimum Gasteiger partial charge on any atom is -0.481 e. The minimum absolute atomic E-state index is 0.134. The maximum Gasteiger partial charge on any atom is 0.433 e. The Hall–Kier alpha value is -2.33. The van der Waals surface area contributed by atoms with Crippen molar-refractivity contribution in [3.8, 4) is 0 Å². The van der Waals surface area contributed by atoms with Crippen LogP contribution in [-0.2, 0) is 17.4 Å². The molecule has 1 N–H and O–H groups in total. The van der Waals surface area contributed by atoms with E-state index in [-0.39, 0.29) is 37.1 Å². The fourth-order valence-corrected chi connectivity index (χ4v) is 7.39.